The molecule has 40 heavy (non-hydrogen) atoms. The van der Waals surface area contributed by atoms with Crippen molar-refractivity contribution in [1.82, 2.24) is 14.7 Å². The van der Waals surface area contributed by atoms with E-state index in [1.807, 2.05) is 0 Å². The van der Waals surface area contributed by atoms with Gasteiger partial charge in [-0.15, -0.1) is 0 Å². The van der Waals surface area contributed by atoms with E-state index in [1.165, 1.54) is 17.0 Å². The number of rotatable bonds is 11. The summed E-state index contributed by atoms with van der Waals surface area (Å²) in [5.74, 6) is -1.08. The van der Waals surface area contributed by atoms with Gasteiger partial charge in [0.25, 0.3) is 5.91 Å². The van der Waals surface area contributed by atoms with Gasteiger partial charge in [-0.2, -0.15) is 5.10 Å². The standard InChI is InChI=1S/C28H36ClFN4O5Si/c1-40(2,3)13-12-38-18-34-16-19-14-21(29)15-23(24(19)32-34)25(26(31)35)39-17-28(20-4-6-22(30)7-5-20)8-10-33(11-9-28)27(36)37/h4-7,14-16,25H,8-13,17-18H2,1-3H3,(H2,31,35)(H,36,37). The molecular formula is C28H36ClFN4O5Si. The summed E-state index contributed by atoms with van der Waals surface area (Å²) in [5, 5.41) is 15.2. The largest absolute Gasteiger partial charge is 0.465 e. The minimum absolute atomic E-state index is 0.0637. The Hall–Kier alpha value is -2.99. The molecule has 2 amide bonds. The number of carboxylic acid groups (broad SMARTS) is 1. The van der Waals surface area contributed by atoms with Crippen LogP contribution in [-0.2, 0) is 26.4 Å². The van der Waals surface area contributed by atoms with Gasteiger partial charge in [0.1, 0.15) is 12.5 Å². The van der Waals surface area contributed by atoms with Crippen LogP contribution >= 0.6 is 11.6 Å². The lowest BCUT2D eigenvalue weighted by atomic mass is 9.73. The first-order valence-corrected chi connectivity index (χ1v) is 17.3. The van der Waals surface area contributed by atoms with Gasteiger partial charge in [0.2, 0.25) is 0 Å². The van der Waals surface area contributed by atoms with Gasteiger partial charge < -0.3 is 25.2 Å². The molecule has 3 N–H and O–H groups in total. The molecule has 216 valence electrons. The van der Waals surface area contributed by atoms with Gasteiger partial charge in [-0.1, -0.05) is 43.4 Å². The van der Waals surface area contributed by atoms with Crippen LogP contribution < -0.4 is 5.73 Å². The van der Waals surface area contributed by atoms with Gasteiger partial charge in [-0.25, -0.2) is 13.9 Å². The third kappa shape index (κ3) is 7.20. The van der Waals surface area contributed by atoms with Crippen molar-refractivity contribution < 1.29 is 28.6 Å². The van der Waals surface area contributed by atoms with Crippen LogP contribution in [0.5, 0.6) is 0 Å². The van der Waals surface area contributed by atoms with E-state index in [0.717, 1.165) is 11.6 Å². The number of ether oxygens (including phenoxy) is 2. The predicted molar refractivity (Wildman–Crippen MR) is 154 cm³/mol. The maximum absolute atomic E-state index is 13.7. The van der Waals surface area contributed by atoms with Crippen LogP contribution in [0.25, 0.3) is 10.9 Å². The lowest BCUT2D eigenvalue weighted by Crippen LogP contribution is -2.47. The fourth-order valence-electron chi connectivity index (χ4n) is 4.99. The first-order chi connectivity index (χ1) is 18.9. The quantitative estimate of drug-likeness (QED) is 0.228. The van der Waals surface area contributed by atoms with Crippen molar-refractivity contribution >= 4 is 42.6 Å². The van der Waals surface area contributed by atoms with Crippen molar-refractivity contribution in [3.63, 3.8) is 0 Å². The zero-order valence-corrected chi connectivity index (χ0v) is 24.8. The number of hydrogen-bond donors (Lipinski definition) is 2. The van der Waals surface area contributed by atoms with E-state index >= 15 is 0 Å². The molecular weight excluding hydrogens is 555 g/mol. The van der Waals surface area contributed by atoms with E-state index in [9.17, 15) is 19.1 Å². The predicted octanol–water partition coefficient (Wildman–Crippen LogP) is 5.40. The van der Waals surface area contributed by atoms with E-state index in [4.69, 9.17) is 26.8 Å². The Morgan fingerprint density at radius 1 is 1.20 bits per heavy atom. The fourth-order valence-corrected chi connectivity index (χ4v) is 5.98. The van der Waals surface area contributed by atoms with Crippen LogP contribution in [0, 0.1) is 5.82 Å². The number of carbonyl (C=O) groups excluding carboxylic acids is 1. The smallest absolute Gasteiger partial charge is 0.407 e. The van der Waals surface area contributed by atoms with E-state index in [1.54, 1.807) is 35.1 Å². The summed E-state index contributed by atoms with van der Waals surface area (Å²) < 4.78 is 27.5. The lowest BCUT2D eigenvalue weighted by Gasteiger charge is -2.41. The van der Waals surface area contributed by atoms with E-state index < -0.39 is 31.6 Å². The summed E-state index contributed by atoms with van der Waals surface area (Å²) in [6.45, 7) is 8.37. The average Bonchev–Trinajstić information content (AvgIpc) is 3.29. The van der Waals surface area contributed by atoms with Crippen molar-refractivity contribution in [3.05, 3.63) is 64.6 Å². The Kier molecular flexibility index (Phi) is 9.18. The SMILES string of the molecule is C[Si](C)(C)CCOCn1cc2cc(Cl)cc(C(OCC3(c4ccc(F)cc4)CCN(C(=O)O)CC3)C(N)=O)c2n1. The zero-order valence-electron chi connectivity index (χ0n) is 23.0. The average molecular weight is 591 g/mol. The minimum atomic E-state index is -1.23. The molecule has 1 aliphatic heterocycles. The number of fused-ring (bicyclic) bond motifs is 1. The van der Waals surface area contributed by atoms with E-state index in [0.29, 0.717) is 40.9 Å². The number of primary amides is 1. The highest BCUT2D eigenvalue weighted by Crippen LogP contribution is 2.38. The molecule has 1 fully saturated rings. The number of nitrogens with zero attached hydrogens (tertiary/aromatic N) is 3. The van der Waals surface area contributed by atoms with Gasteiger partial charge in [-0.05, 0) is 48.7 Å². The molecule has 0 aliphatic carbocycles. The van der Waals surface area contributed by atoms with Crippen molar-refractivity contribution in [2.75, 3.05) is 26.3 Å². The van der Waals surface area contributed by atoms with Crippen molar-refractivity contribution in [2.24, 2.45) is 5.73 Å². The molecule has 1 atom stereocenters. The van der Waals surface area contributed by atoms with E-state index in [2.05, 4.69) is 24.7 Å². The third-order valence-electron chi connectivity index (χ3n) is 7.39. The molecule has 0 spiro atoms. The summed E-state index contributed by atoms with van der Waals surface area (Å²) in [7, 11) is -1.23. The van der Waals surface area contributed by atoms with Crippen molar-refractivity contribution in [1.29, 1.82) is 0 Å². The minimum Gasteiger partial charge on any atom is -0.465 e. The maximum Gasteiger partial charge on any atom is 0.407 e. The van der Waals surface area contributed by atoms with E-state index in [-0.39, 0.29) is 32.2 Å². The Bertz CT molecular complexity index is 1350. The zero-order chi connectivity index (χ0) is 29.1. The second kappa shape index (κ2) is 12.3. The number of likely N-dealkylation sites (tertiary alicyclic amines) is 1. The number of hydrogen-bond acceptors (Lipinski definition) is 5. The topological polar surface area (TPSA) is 120 Å². The molecule has 4 rings (SSSR count). The number of nitrogens with two attached hydrogens (primary N) is 1. The normalized spacial score (nSPS) is 16.3. The first kappa shape index (κ1) is 30.0. The lowest BCUT2D eigenvalue weighted by molar-refractivity contribution is -0.131. The fraction of sp³-hybridized carbons (Fsp3) is 0.464. The molecule has 1 saturated heterocycles. The van der Waals surface area contributed by atoms with Gasteiger partial charge in [0.05, 0.1) is 12.1 Å². The van der Waals surface area contributed by atoms with Crippen molar-refractivity contribution in [3.8, 4) is 0 Å². The monoisotopic (exact) mass is 590 g/mol. The number of amides is 2. The highest BCUT2D eigenvalue weighted by Gasteiger charge is 2.39. The molecule has 2 aromatic carbocycles. The molecule has 3 aromatic rings. The van der Waals surface area contributed by atoms with Crippen LogP contribution in [0.3, 0.4) is 0 Å². The van der Waals surface area contributed by atoms with Gasteiger partial charge in [0, 0.05) is 55.4 Å². The first-order valence-electron chi connectivity index (χ1n) is 13.3. The second-order valence-electron chi connectivity index (χ2n) is 11.6. The summed E-state index contributed by atoms with van der Waals surface area (Å²) in [4.78, 5) is 25.6. The van der Waals surface area contributed by atoms with Gasteiger partial charge >= 0.3 is 6.09 Å². The number of piperidine rings is 1. The molecule has 12 heteroatoms. The van der Waals surface area contributed by atoms with Gasteiger partial charge in [0.15, 0.2) is 6.10 Å². The Morgan fingerprint density at radius 2 is 1.88 bits per heavy atom. The van der Waals surface area contributed by atoms with Crippen LogP contribution in [0.2, 0.25) is 30.7 Å². The molecule has 9 nitrogen and oxygen atoms in total. The molecule has 0 bridgehead atoms. The van der Waals surface area contributed by atoms with Crippen molar-refractivity contribution in [2.45, 2.75) is 56.8 Å². The van der Waals surface area contributed by atoms with Crippen LogP contribution in [0.4, 0.5) is 9.18 Å². The van der Waals surface area contributed by atoms with Crippen LogP contribution in [0.15, 0.2) is 42.6 Å². The number of halogens is 2. The van der Waals surface area contributed by atoms with Crippen LogP contribution in [0.1, 0.15) is 30.1 Å². The Morgan fingerprint density at radius 3 is 2.48 bits per heavy atom. The highest BCUT2D eigenvalue weighted by atomic mass is 35.5. The molecule has 1 aliphatic rings. The number of carbonyl (C=O) groups is 2. The highest BCUT2D eigenvalue weighted by molar-refractivity contribution is 6.76. The molecule has 2 heterocycles. The number of aromatic nitrogens is 2. The maximum atomic E-state index is 13.7. The Balaban J connectivity index is 1.59. The second-order valence-corrected chi connectivity index (χ2v) is 17.7. The summed E-state index contributed by atoms with van der Waals surface area (Å²) >= 11 is 6.42. The molecule has 1 aromatic heterocycles. The summed E-state index contributed by atoms with van der Waals surface area (Å²) in [6.07, 6.45) is 0.520. The third-order valence-corrected chi connectivity index (χ3v) is 9.31. The van der Waals surface area contributed by atoms with Crippen LogP contribution in [-0.4, -0.2) is 66.2 Å². The molecule has 0 saturated carbocycles. The van der Waals surface area contributed by atoms with Gasteiger partial charge in [-0.3, -0.25) is 4.79 Å². The number of benzene rings is 2. The Labute approximate surface area is 239 Å². The summed E-state index contributed by atoms with van der Waals surface area (Å²) in [6, 6.07) is 10.5. The molecule has 1 unspecified atom stereocenters. The summed E-state index contributed by atoms with van der Waals surface area (Å²) in [5.41, 5.74) is 6.96. The molecule has 0 radical (unpaired) electrons.